The van der Waals surface area contributed by atoms with Gasteiger partial charge in [-0.25, -0.2) is 0 Å². The Morgan fingerprint density at radius 3 is 1.25 bits per heavy atom. The van der Waals surface area contributed by atoms with E-state index in [2.05, 4.69) is 0 Å². The smallest absolute Gasteiger partial charge is 0.168 e. The normalized spacial score (nSPS) is 3.00. The third kappa shape index (κ3) is 36.4. The van der Waals surface area contributed by atoms with E-state index in [0.717, 1.165) is 0 Å². The van der Waals surface area contributed by atoms with Crippen molar-refractivity contribution in [2.24, 2.45) is 0 Å². The first-order chi connectivity index (χ1) is 1.41. The Labute approximate surface area is 37.7 Å². The van der Waals surface area contributed by atoms with E-state index in [1.807, 2.05) is 0 Å². The zero-order valence-electron chi connectivity index (χ0n) is 1.58. The molecule has 0 saturated carbocycles. The standard InChI is InChI=1S/Fe.O2S/c;1-3-2. The monoisotopic (exact) mass is 120 g/mol. The molecule has 4 heavy (non-hydrogen) atoms. The van der Waals surface area contributed by atoms with Gasteiger partial charge in [-0.3, -0.25) is 0 Å². The van der Waals surface area contributed by atoms with Gasteiger partial charge in [0.1, 0.15) is 0 Å². The van der Waals surface area contributed by atoms with Crippen LogP contribution < -0.4 is 0 Å². The fourth-order valence-electron chi connectivity index (χ4n) is 0. The minimum Gasteiger partial charge on any atom is -0.168 e. The van der Waals surface area contributed by atoms with Crippen LogP contribution in [0.25, 0.3) is 0 Å². The topological polar surface area (TPSA) is 34.1 Å². The van der Waals surface area contributed by atoms with Crippen LogP contribution in [0.1, 0.15) is 0 Å². The Hall–Kier alpha value is 0.339. The van der Waals surface area contributed by atoms with Crippen LogP contribution in [-0.2, 0) is 28.6 Å². The molecule has 0 aromatic carbocycles. The Bertz CT molecular complexity index is 27.0. The maximum atomic E-state index is 8.29. The van der Waals surface area contributed by atoms with Gasteiger partial charge in [-0.1, -0.05) is 0 Å². The van der Waals surface area contributed by atoms with Gasteiger partial charge in [-0.15, -0.1) is 0 Å². The van der Waals surface area contributed by atoms with Crippen molar-refractivity contribution in [3.8, 4) is 0 Å². The van der Waals surface area contributed by atoms with Crippen molar-refractivity contribution in [1.82, 2.24) is 0 Å². The number of hydrogen-bond acceptors (Lipinski definition) is 2. The van der Waals surface area contributed by atoms with Crippen molar-refractivity contribution < 1.29 is 25.5 Å². The van der Waals surface area contributed by atoms with Crippen molar-refractivity contribution >= 4 is 11.6 Å². The molecule has 0 spiro atoms. The SMILES string of the molecule is O=S=O.[Fe]. The Morgan fingerprint density at radius 2 is 1.25 bits per heavy atom. The minimum absolute atomic E-state index is 0. The summed E-state index contributed by atoms with van der Waals surface area (Å²) in [6.07, 6.45) is 0. The first-order valence-electron chi connectivity index (χ1n) is 0.333. The van der Waals surface area contributed by atoms with Crippen LogP contribution in [0.2, 0.25) is 0 Å². The molecule has 0 heterocycles. The summed E-state index contributed by atoms with van der Waals surface area (Å²) < 4.78 is 16.6. The van der Waals surface area contributed by atoms with E-state index in [9.17, 15) is 0 Å². The van der Waals surface area contributed by atoms with Gasteiger partial charge in [0.2, 0.25) is 0 Å². The second-order valence-corrected chi connectivity index (χ2v) is 0.204. The van der Waals surface area contributed by atoms with Gasteiger partial charge in [0.25, 0.3) is 0 Å². The summed E-state index contributed by atoms with van der Waals surface area (Å²) in [5.74, 6) is 0. The molecule has 0 aromatic rings. The van der Waals surface area contributed by atoms with Gasteiger partial charge in [0.15, 0.2) is 0 Å². The summed E-state index contributed by atoms with van der Waals surface area (Å²) in [6.45, 7) is 0. The van der Waals surface area contributed by atoms with Crippen LogP contribution in [0.15, 0.2) is 0 Å². The maximum absolute atomic E-state index is 8.29. The fraction of sp³-hybridized carbons (Fsp3) is 0. The molecular weight excluding hydrogens is 120 g/mol. The molecule has 0 fully saturated rings. The van der Waals surface area contributed by atoms with Gasteiger partial charge < -0.3 is 0 Å². The molecule has 0 N–H and O–H groups in total. The zero-order chi connectivity index (χ0) is 2.71. The van der Waals surface area contributed by atoms with E-state index in [0.29, 0.717) is 0 Å². The van der Waals surface area contributed by atoms with Gasteiger partial charge >= 0.3 is 11.6 Å². The Kier molecular flexibility index (Phi) is 22.5. The van der Waals surface area contributed by atoms with E-state index in [-0.39, 0.29) is 17.1 Å². The first-order valence-corrected chi connectivity index (χ1v) is 1.00. The molecule has 0 unspecified atom stereocenters. The van der Waals surface area contributed by atoms with Crippen LogP contribution in [0.5, 0.6) is 0 Å². The number of rotatable bonds is 0. The number of hydrogen-bond donors (Lipinski definition) is 0. The molecule has 0 radical (unpaired) electrons. The van der Waals surface area contributed by atoms with Gasteiger partial charge in [-0.2, -0.15) is 8.42 Å². The predicted molar refractivity (Wildman–Crippen MR) is 8.92 cm³/mol. The van der Waals surface area contributed by atoms with Crippen LogP contribution in [0, 0.1) is 0 Å². The minimum atomic E-state index is -0.750. The van der Waals surface area contributed by atoms with E-state index in [1.54, 1.807) is 0 Å². The van der Waals surface area contributed by atoms with Crippen molar-refractivity contribution in [3.05, 3.63) is 0 Å². The van der Waals surface area contributed by atoms with Crippen LogP contribution >= 0.6 is 0 Å². The van der Waals surface area contributed by atoms with Crippen LogP contribution in [0.3, 0.4) is 0 Å². The molecule has 0 rings (SSSR count). The quantitative estimate of drug-likeness (QED) is 0.397. The molecule has 0 aromatic heterocycles. The van der Waals surface area contributed by atoms with Crippen molar-refractivity contribution in [2.45, 2.75) is 0 Å². The van der Waals surface area contributed by atoms with Crippen LogP contribution in [0.4, 0.5) is 0 Å². The van der Waals surface area contributed by atoms with E-state index >= 15 is 0 Å². The summed E-state index contributed by atoms with van der Waals surface area (Å²) in [6, 6.07) is 0. The van der Waals surface area contributed by atoms with Gasteiger partial charge in [0, 0.05) is 17.1 Å². The first kappa shape index (κ1) is 8.84. The van der Waals surface area contributed by atoms with Crippen molar-refractivity contribution in [3.63, 3.8) is 0 Å². The zero-order valence-corrected chi connectivity index (χ0v) is 3.50. The Balaban J connectivity index is 0. The Morgan fingerprint density at radius 1 is 1.25 bits per heavy atom. The molecule has 0 atom stereocenters. The fourth-order valence-corrected chi connectivity index (χ4v) is 0. The summed E-state index contributed by atoms with van der Waals surface area (Å²) in [7, 11) is 0. The van der Waals surface area contributed by atoms with Gasteiger partial charge in [-0.05, 0) is 0 Å². The second-order valence-electron chi connectivity index (χ2n) is 0.0680. The average Bonchev–Trinajstić information content (AvgIpc) is 0.918. The molecule has 4 heteroatoms. The molecule has 26 valence electrons. The van der Waals surface area contributed by atoms with E-state index in [1.165, 1.54) is 0 Å². The summed E-state index contributed by atoms with van der Waals surface area (Å²) >= 11 is -0.750. The second kappa shape index (κ2) is 10.2. The molecule has 2 nitrogen and oxygen atoms in total. The summed E-state index contributed by atoms with van der Waals surface area (Å²) in [4.78, 5) is 0. The molecule has 0 aliphatic rings. The molecule has 0 aliphatic carbocycles. The summed E-state index contributed by atoms with van der Waals surface area (Å²) in [5, 5.41) is 0. The molecular formula is FeO2S. The van der Waals surface area contributed by atoms with E-state index < -0.39 is 11.6 Å². The molecule has 0 aliphatic heterocycles. The van der Waals surface area contributed by atoms with Crippen LogP contribution in [-0.4, -0.2) is 8.42 Å². The van der Waals surface area contributed by atoms with Gasteiger partial charge in [0.05, 0.1) is 0 Å². The van der Waals surface area contributed by atoms with E-state index in [4.69, 9.17) is 8.42 Å². The maximum Gasteiger partial charge on any atom is 0.335 e. The molecule has 0 saturated heterocycles. The summed E-state index contributed by atoms with van der Waals surface area (Å²) in [5.41, 5.74) is 0. The van der Waals surface area contributed by atoms with Crippen molar-refractivity contribution in [2.75, 3.05) is 0 Å². The van der Waals surface area contributed by atoms with Crippen molar-refractivity contribution in [1.29, 1.82) is 0 Å². The molecule has 0 amide bonds. The predicted octanol–water partition coefficient (Wildman–Crippen LogP) is -0.673. The molecule has 0 bridgehead atoms. The third-order valence-electron chi connectivity index (χ3n) is 0. The largest absolute Gasteiger partial charge is 0.335 e. The average molecular weight is 120 g/mol. The third-order valence-corrected chi connectivity index (χ3v) is 0.